The van der Waals surface area contributed by atoms with Crippen LogP contribution in [0.15, 0.2) is 18.2 Å². The number of anilines is 1. The summed E-state index contributed by atoms with van der Waals surface area (Å²) in [4.78, 5) is 0. The molecule has 0 spiro atoms. The summed E-state index contributed by atoms with van der Waals surface area (Å²) in [5.74, 6) is 0.844. The molecule has 0 saturated heterocycles. The van der Waals surface area contributed by atoms with Crippen molar-refractivity contribution < 1.29 is 4.74 Å². The summed E-state index contributed by atoms with van der Waals surface area (Å²) in [5.41, 5.74) is 0.976. The monoisotopic (exact) mass is 255 g/mol. The van der Waals surface area contributed by atoms with E-state index in [1.54, 1.807) is 7.11 Å². The molecule has 0 aliphatic heterocycles. The number of unbranched alkanes of at least 4 members (excludes halogenated alkanes) is 2. The minimum atomic E-state index is 0.439. The highest BCUT2D eigenvalue weighted by atomic mass is 35.5. The molecule has 0 bridgehead atoms. The van der Waals surface area contributed by atoms with Gasteiger partial charge in [-0.3, -0.25) is 0 Å². The van der Waals surface area contributed by atoms with Crippen LogP contribution in [0.2, 0.25) is 5.02 Å². The van der Waals surface area contributed by atoms with Crippen LogP contribution in [-0.4, -0.2) is 13.2 Å². The van der Waals surface area contributed by atoms with Gasteiger partial charge >= 0.3 is 0 Å². The molecule has 0 aliphatic carbocycles. The van der Waals surface area contributed by atoms with Crippen LogP contribution in [-0.2, 0) is 0 Å². The number of ether oxygens (including phenoxy) is 1. The van der Waals surface area contributed by atoms with Crippen molar-refractivity contribution in [2.24, 2.45) is 0 Å². The lowest BCUT2D eigenvalue weighted by Gasteiger charge is -2.17. The van der Waals surface area contributed by atoms with Gasteiger partial charge < -0.3 is 10.1 Å². The fraction of sp³-hybridized carbons (Fsp3) is 0.571. The average Bonchev–Trinajstić information content (AvgIpc) is 2.29. The predicted octanol–water partition coefficient (Wildman–Crippen LogP) is 4.73. The van der Waals surface area contributed by atoms with E-state index in [4.69, 9.17) is 16.3 Å². The molecule has 1 rings (SSSR count). The zero-order valence-corrected chi connectivity index (χ0v) is 11.7. The lowest BCUT2D eigenvalue weighted by Crippen LogP contribution is -2.15. The first kappa shape index (κ1) is 14.2. The number of hydrogen-bond donors (Lipinski definition) is 1. The van der Waals surface area contributed by atoms with Crippen molar-refractivity contribution in [2.45, 2.75) is 45.6 Å². The molecule has 0 saturated carbocycles. The second kappa shape index (κ2) is 7.44. The molecule has 3 heteroatoms. The molecule has 2 nitrogen and oxygen atoms in total. The van der Waals surface area contributed by atoms with Gasteiger partial charge in [0.1, 0.15) is 5.75 Å². The molecular formula is C14H22ClNO. The first-order chi connectivity index (χ1) is 8.17. The molecule has 1 unspecified atom stereocenters. The third-order valence-corrected chi connectivity index (χ3v) is 3.04. The number of halogens is 1. The molecule has 96 valence electrons. The smallest absolute Gasteiger partial charge is 0.142 e. The van der Waals surface area contributed by atoms with Gasteiger partial charge in [-0.25, -0.2) is 0 Å². The van der Waals surface area contributed by atoms with Crippen LogP contribution >= 0.6 is 11.6 Å². The van der Waals surface area contributed by atoms with Crippen LogP contribution in [0.25, 0.3) is 0 Å². The predicted molar refractivity (Wildman–Crippen MR) is 75.2 cm³/mol. The molecule has 1 aromatic carbocycles. The number of methoxy groups -OCH3 is 1. The number of hydrogen-bond acceptors (Lipinski definition) is 2. The Bertz CT molecular complexity index is 341. The zero-order valence-electron chi connectivity index (χ0n) is 10.9. The molecule has 0 amide bonds. The van der Waals surface area contributed by atoms with E-state index in [0.717, 1.165) is 16.5 Å². The first-order valence-electron chi connectivity index (χ1n) is 6.27. The van der Waals surface area contributed by atoms with E-state index in [9.17, 15) is 0 Å². The molecule has 0 fully saturated rings. The molecule has 1 aromatic rings. The third-order valence-electron chi connectivity index (χ3n) is 2.80. The zero-order chi connectivity index (χ0) is 12.7. The van der Waals surface area contributed by atoms with Crippen molar-refractivity contribution in [1.29, 1.82) is 0 Å². The lowest BCUT2D eigenvalue weighted by molar-refractivity contribution is 0.416. The molecule has 0 aliphatic rings. The van der Waals surface area contributed by atoms with Crippen molar-refractivity contribution in [3.63, 3.8) is 0 Å². The Hall–Kier alpha value is -0.890. The second-order valence-electron chi connectivity index (χ2n) is 4.39. The van der Waals surface area contributed by atoms with Gasteiger partial charge in [-0.15, -0.1) is 0 Å². The van der Waals surface area contributed by atoms with Gasteiger partial charge in [0, 0.05) is 11.1 Å². The largest absolute Gasteiger partial charge is 0.495 e. The maximum absolute atomic E-state index is 5.99. The summed E-state index contributed by atoms with van der Waals surface area (Å²) >= 11 is 5.99. The summed E-state index contributed by atoms with van der Waals surface area (Å²) in [6.07, 6.45) is 4.98. The summed E-state index contributed by atoms with van der Waals surface area (Å²) in [6.45, 7) is 4.41. The number of rotatable bonds is 7. The Labute approximate surface area is 109 Å². The highest BCUT2D eigenvalue weighted by Gasteiger charge is 2.07. The SMILES string of the molecule is CCCCCC(C)Nc1cc(Cl)ccc1OC. The Morgan fingerprint density at radius 1 is 1.35 bits per heavy atom. The third kappa shape index (κ3) is 4.86. The van der Waals surface area contributed by atoms with Crippen molar-refractivity contribution in [3.05, 3.63) is 23.2 Å². The van der Waals surface area contributed by atoms with E-state index in [1.807, 2.05) is 18.2 Å². The Morgan fingerprint density at radius 2 is 2.12 bits per heavy atom. The minimum Gasteiger partial charge on any atom is -0.495 e. The fourth-order valence-corrected chi connectivity index (χ4v) is 2.00. The molecule has 1 atom stereocenters. The molecule has 0 heterocycles. The van der Waals surface area contributed by atoms with Crippen LogP contribution in [0, 0.1) is 0 Å². The van der Waals surface area contributed by atoms with E-state index in [2.05, 4.69) is 19.2 Å². The van der Waals surface area contributed by atoms with Crippen molar-refractivity contribution in [3.8, 4) is 5.75 Å². The molecular weight excluding hydrogens is 234 g/mol. The summed E-state index contributed by atoms with van der Waals surface area (Å²) in [6, 6.07) is 6.09. The van der Waals surface area contributed by atoms with Gasteiger partial charge in [-0.2, -0.15) is 0 Å². The Kier molecular flexibility index (Phi) is 6.20. The van der Waals surface area contributed by atoms with E-state index >= 15 is 0 Å². The van der Waals surface area contributed by atoms with Crippen LogP contribution in [0.4, 0.5) is 5.69 Å². The van der Waals surface area contributed by atoms with E-state index in [1.165, 1.54) is 25.7 Å². The normalized spacial score (nSPS) is 12.2. The van der Waals surface area contributed by atoms with E-state index in [0.29, 0.717) is 6.04 Å². The van der Waals surface area contributed by atoms with E-state index < -0.39 is 0 Å². The Balaban J connectivity index is 2.57. The summed E-state index contributed by atoms with van der Waals surface area (Å²) in [5, 5.41) is 4.18. The van der Waals surface area contributed by atoms with Crippen LogP contribution in [0.3, 0.4) is 0 Å². The second-order valence-corrected chi connectivity index (χ2v) is 4.82. The van der Waals surface area contributed by atoms with Crippen LogP contribution < -0.4 is 10.1 Å². The molecule has 0 aromatic heterocycles. The summed E-state index contributed by atoms with van der Waals surface area (Å²) < 4.78 is 5.31. The highest BCUT2D eigenvalue weighted by molar-refractivity contribution is 6.30. The quantitative estimate of drug-likeness (QED) is 0.712. The van der Waals surface area contributed by atoms with Gasteiger partial charge in [0.2, 0.25) is 0 Å². The van der Waals surface area contributed by atoms with Crippen LogP contribution in [0.5, 0.6) is 5.75 Å². The maximum atomic E-state index is 5.99. The number of benzene rings is 1. The molecule has 17 heavy (non-hydrogen) atoms. The molecule has 0 radical (unpaired) electrons. The topological polar surface area (TPSA) is 21.3 Å². The standard InChI is InChI=1S/C14H22ClNO/c1-4-5-6-7-11(2)16-13-10-12(15)8-9-14(13)17-3/h8-11,16H,4-7H2,1-3H3. The maximum Gasteiger partial charge on any atom is 0.142 e. The fourth-order valence-electron chi connectivity index (χ4n) is 1.83. The van der Waals surface area contributed by atoms with Gasteiger partial charge in [-0.1, -0.05) is 37.8 Å². The van der Waals surface area contributed by atoms with Gasteiger partial charge in [0.05, 0.1) is 12.8 Å². The van der Waals surface area contributed by atoms with Gasteiger partial charge in [-0.05, 0) is 31.5 Å². The van der Waals surface area contributed by atoms with E-state index in [-0.39, 0.29) is 0 Å². The van der Waals surface area contributed by atoms with Crippen molar-refractivity contribution in [1.82, 2.24) is 0 Å². The average molecular weight is 256 g/mol. The first-order valence-corrected chi connectivity index (χ1v) is 6.65. The van der Waals surface area contributed by atoms with Crippen LogP contribution in [0.1, 0.15) is 39.5 Å². The Morgan fingerprint density at radius 3 is 2.76 bits per heavy atom. The minimum absolute atomic E-state index is 0.439. The summed E-state index contributed by atoms with van der Waals surface area (Å²) in [7, 11) is 1.68. The van der Waals surface area contributed by atoms with Crippen molar-refractivity contribution in [2.75, 3.05) is 12.4 Å². The highest BCUT2D eigenvalue weighted by Crippen LogP contribution is 2.28. The van der Waals surface area contributed by atoms with Gasteiger partial charge in [0.25, 0.3) is 0 Å². The lowest BCUT2D eigenvalue weighted by atomic mass is 10.1. The molecule has 1 N–H and O–H groups in total. The number of nitrogens with one attached hydrogen (secondary N) is 1. The van der Waals surface area contributed by atoms with Crippen molar-refractivity contribution >= 4 is 17.3 Å². The van der Waals surface area contributed by atoms with Gasteiger partial charge in [0.15, 0.2) is 0 Å².